The predicted molar refractivity (Wildman–Crippen MR) is 47.2 cm³/mol. The summed E-state index contributed by atoms with van der Waals surface area (Å²) in [5.74, 6) is 0. The smallest absolute Gasteiger partial charge is 0.731 e. The van der Waals surface area contributed by atoms with Gasteiger partial charge >= 0.3 is 29.6 Å². The molecule has 4 nitrogen and oxygen atoms in total. The van der Waals surface area contributed by atoms with Crippen molar-refractivity contribution in [1.29, 1.82) is 0 Å². The zero-order valence-electron chi connectivity index (χ0n) is 7.80. The van der Waals surface area contributed by atoms with Gasteiger partial charge in [0.1, 0.15) is 0 Å². The van der Waals surface area contributed by atoms with Crippen LogP contribution in [-0.2, 0) is 16.7 Å². The number of rotatable bonds is 1. The van der Waals surface area contributed by atoms with E-state index < -0.39 is 10.3 Å². The van der Waals surface area contributed by atoms with Crippen molar-refractivity contribution in [3.63, 3.8) is 0 Å². The molecule has 6 heteroatoms. The molecular formula is C8H8NNaO3S. The van der Waals surface area contributed by atoms with E-state index >= 15 is 0 Å². The Hall–Kier alpha value is -0.0700. The van der Waals surface area contributed by atoms with Crippen LogP contribution in [0.15, 0.2) is 24.3 Å². The summed E-state index contributed by atoms with van der Waals surface area (Å²) in [6.45, 7) is 0.269. The molecule has 0 spiro atoms. The summed E-state index contributed by atoms with van der Waals surface area (Å²) in [5.41, 5.74) is 1.44. The molecule has 0 atom stereocenters. The molecule has 0 saturated carbocycles. The third kappa shape index (κ3) is 2.12. The number of nitrogens with zero attached hydrogens (tertiary/aromatic N) is 1. The fourth-order valence-electron chi connectivity index (χ4n) is 1.54. The van der Waals surface area contributed by atoms with Crippen LogP contribution in [-0.4, -0.2) is 19.5 Å². The second-order valence-electron chi connectivity index (χ2n) is 2.91. The molecule has 0 amide bonds. The van der Waals surface area contributed by atoms with Crippen LogP contribution in [0.4, 0.5) is 5.69 Å². The second kappa shape index (κ2) is 4.20. The summed E-state index contributed by atoms with van der Waals surface area (Å²) < 4.78 is 33.2. The van der Waals surface area contributed by atoms with Crippen molar-refractivity contribution in [3.05, 3.63) is 29.8 Å². The maximum Gasteiger partial charge on any atom is 1.00 e. The average Bonchev–Trinajstić information content (AvgIpc) is 2.45. The normalized spacial score (nSPS) is 14.8. The van der Waals surface area contributed by atoms with Gasteiger partial charge in [0.05, 0.1) is 5.69 Å². The largest absolute Gasteiger partial charge is 1.00 e. The molecule has 0 unspecified atom stereocenters. The Morgan fingerprint density at radius 1 is 1.29 bits per heavy atom. The van der Waals surface area contributed by atoms with Gasteiger partial charge in [-0.2, -0.15) is 0 Å². The minimum atomic E-state index is -4.33. The van der Waals surface area contributed by atoms with Crippen molar-refractivity contribution in [2.75, 3.05) is 10.8 Å². The molecule has 0 bridgehead atoms. The maximum atomic E-state index is 10.8. The number of para-hydroxylation sites is 1. The fourth-order valence-corrected chi connectivity index (χ4v) is 2.27. The van der Waals surface area contributed by atoms with Crippen LogP contribution in [0.25, 0.3) is 0 Å². The predicted octanol–water partition coefficient (Wildman–Crippen LogP) is -2.49. The molecule has 0 saturated heterocycles. The standard InChI is InChI=1S/C8H9NO3S.Na/c10-13(11,12)9-6-5-7-3-1-2-4-8(7)9;/h1-4H,5-6H2,(H,10,11,12);/q;+1/p-1. The van der Waals surface area contributed by atoms with Gasteiger partial charge in [-0.1, -0.05) is 18.2 Å². The van der Waals surface area contributed by atoms with Gasteiger partial charge in [-0.3, -0.25) is 4.31 Å². The molecule has 1 aliphatic heterocycles. The summed E-state index contributed by atoms with van der Waals surface area (Å²) in [5, 5.41) is 0. The van der Waals surface area contributed by atoms with Crippen LogP contribution in [0.3, 0.4) is 0 Å². The van der Waals surface area contributed by atoms with Crippen LogP contribution in [0.5, 0.6) is 0 Å². The van der Waals surface area contributed by atoms with Gasteiger partial charge in [-0.15, -0.1) is 0 Å². The summed E-state index contributed by atoms with van der Waals surface area (Å²) in [6, 6.07) is 7.04. The minimum Gasteiger partial charge on any atom is -0.731 e. The number of hydrogen-bond acceptors (Lipinski definition) is 3. The van der Waals surface area contributed by atoms with Crippen LogP contribution in [0.1, 0.15) is 5.56 Å². The van der Waals surface area contributed by atoms with Crippen LogP contribution >= 0.6 is 0 Å². The fraction of sp³-hybridized carbons (Fsp3) is 0.250. The van der Waals surface area contributed by atoms with E-state index in [1.807, 2.05) is 12.1 Å². The first-order valence-electron chi connectivity index (χ1n) is 3.90. The number of benzene rings is 1. The van der Waals surface area contributed by atoms with Gasteiger partial charge in [-0.05, 0) is 18.1 Å². The number of hydrogen-bond donors (Lipinski definition) is 0. The monoisotopic (exact) mass is 221 g/mol. The van der Waals surface area contributed by atoms with Gasteiger partial charge in [0.25, 0.3) is 0 Å². The molecule has 1 aromatic rings. The van der Waals surface area contributed by atoms with Crippen molar-refractivity contribution in [2.45, 2.75) is 6.42 Å². The van der Waals surface area contributed by atoms with E-state index in [0.717, 1.165) is 9.87 Å². The van der Waals surface area contributed by atoms with E-state index in [0.29, 0.717) is 12.1 Å². The van der Waals surface area contributed by atoms with Crippen LogP contribution in [0.2, 0.25) is 0 Å². The third-order valence-corrected chi connectivity index (χ3v) is 3.03. The average molecular weight is 221 g/mol. The Bertz CT molecular complexity index is 432. The zero-order valence-corrected chi connectivity index (χ0v) is 10.6. The van der Waals surface area contributed by atoms with E-state index in [1.165, 1.54) is 0 Å². The molecule has 14 heavy (non-hydrogen) atoms. The molecule has 70 valence electrons. The van der Waals surface area contributed by atoms with E-state index in [1.54, 1.807) is 12.1 Å². The molecule has 0 aromatic heterocycles. The Morgan fingerprint density at radius 3 is 2.57 bits per heavy atom. The van der Waals surface area contributed by atoms with Gasteiger partial charge in [0.15, 0.2) is 10.3 Å². The van der Waals surface area contributed by atoms with E-state index in [9.17, 15) is 13.0 Å². The van der Waals surface area contributed by atoms with Gasteiger partial charge < -0.3 is 4.55 Å². The number of fused-ring (bicyclic) bond motifs is 1. The van der Waals surface area contributed by atoms with Gasteiger partial charge in [0, 0.05) is 6.54 Å². The molecular weight excluding hydrogens is 213 g/mol. The first-order valence-corrected chi connectivity index (χ1v) is 5.27. The number of anilines is 1. The maximum absolute atomic E-state index is 10.8. The molecule has 2 rings (SSSR count). The molecule has 1 aromatic carbocycles. The van der Waals surface area contributed by atoms with Crippen molar-refractivity contribution in [2.24, 2.45) is 0 Å². The SMILES string of the molecule is O=S(=O)([O-])N1CCc2ccccc21.[Na+]. The molecule has 0 aliphatic carbocycles. The summed E-state index contributed by atoms with van der Waals surface area (Å²) in [4.78, 5) is 0. The molecule has 0 radical (unpaired) electrons. The molecule has 0 fully saturated rings. The van der Waals surface area contributed by atoms with Crippen molar-refractivity contribution in [1.82, 2.24) is 0 Å². The second-order valence-corrected chi connectivity index (χ2v) is 4.20. The van der Waals surface area contributed by atoms with Crippen molar-refractivity contribution >= 4 is 16.0 Å². The topological polar surface area (TPSA) is 60.4 Å². The minimum absolute atomic E-state index is 0. The summed E-state index contributed by atoms with van der Waals surface area (Å²) >= 11 is 0. The Kier molecular flexibility index (Phi) is 3.60. The molecule has 1 heterocycles. The Balaban J connectivity index is 0.000000980. The molecule has 0 N–H and O–H groups in total. The Labute approximate surface area is 105 Å². The first kappa shape index (κ1) is 12.0. The van der Waals surface area contributed by atoms with E-state index in [4.69, 9.17) is 0 Å². The third-order valence-electron chi connectivity index (χ3n) is 2.11. The molecule has 1 aliphatic rings. The van der Waals surface area contributed by atoms with Crippen LogP contribution in [0, 0.1) is 0 Å². The van der Waals surface area contributed by atoms with Gasteiger partial charge in [-0.25, -0.2) is 8.42 Å². The first-order chi connectivity index (χ1) is 6.09. The van der Waals surface area contributed by atoms with E-state index in [-0.39, 0.29) is 36.1 Å². The van der Waals surface area contributed by atoms with Gasteiger partial charge in [0.2, 0.25) is 0 Å². The zero-order chi connectivity index (χ0) is 9.47. The Morgan fingerprint density at radius 2 is 1.93 bits per heavy atom. The van der Waals surface area contributed by atoms with E-state index in [2.05, 4.69) is 0 Å². The van der Waals surface area contributed by atoms with Crippen molar-refractivity contribution in [3.8, 4) is 0 Å². The van der Waals surface area contributed by atoms with Crippen LogP contribution < -0.4 is 33.9 Å². The van der Waals surface area contributed by atoms with Crippen molar-refractivity contribution < 1.29 is 42.5 Å². The summed E-state index contributed by atoms with van der Waals surface area (Å²) in [7, 11) is -4.33. The summed E-state index contributed by atoms with van der Waals surface area (Å²) in [6.07, 6.45) is 0.623. The quantitative estimate of drug-likeness (QED) is 0.389.